The standard InChI is InChI=1S/C60H30N6S2/c1-62-54-49(33-14-4-2-5-15-33)43(30-61)55(50(34-16-6-3-7-17-34)58(54)65-45-22-12-20-37-44-31-63-32-64-53(44)42-21-13-23-46(65)52(42)51(37)45)66-56-38(26-28-40-35-18-8-10-24-47(35)67-59(40)56)39-27-29-41-36-19-9-11-25-48(36)68-60(41)57(39)66/h2-29,31-32H. The number of hydrogen-bond acceptors (Lipinski definition) is 5. The molecule has 0 aliphatic heterocycles. The zero-order valence-corrected chi connectivity index (χ0v) is 37.5. The molecule has 0 unspecified atom stereocenters. The quantitative estimate of drug-likeness (QED) is 0.131. The Bertz CT molecular complexity index is 4540. The van der Waals surface area contributed by atoms with Gasteiger partial charge in [0.05, 0.1) is 60.5 Å². The van der Waals surface area contributed by atoms with Crippen LogP contribution in [0.2, 0.25) is 0 Å². The third kappa shape index (κ3) is 4.77. The zero-order valence-electron chi connectivity index (χ0n) is 35.8. The largest absolute Gasteiger partial charge is 0.318 e. The molecule has 5 heterocycles. The minimum Gasteiger partial charge on any atom is -0.318 e. The number of fused-ring (bicyclic) bond motifs is 14. The molecule has 0 aliphatic rings. The van der Waals surface area contributed by atoms with Crippen molar-refractivity contribution in [3.05, 3.63) is 199 Å². The number of benzene rings is 10. The van der Waals surface area contributed by atoms with Crippen LogP contribution >= 0.6 is 22.7 Å². The van der Waals surface area contributed by atoms with Gasteiger partial charge in [-0.1, -0.05) is 146 Å². The second-order valence-corrected chi connectivity index (χ2v) is 19.5. The molecule has 312 valence electrons. The Kier molecular flexibility index (Phi) is 7.58. The van der Waals surface area contributed by atoms with Gasteiger partial charge in [-0.05, 0) is 40.8 Å². The van der Waals surface area contributed by atoms with E-state index in [1.165, 1.54) is 30.9 Å². The normalized spacial score (nSPS) is 12.1. The van der Waals surface area contributed by atoms with Gasteiger partial charge in [0.25, 0.3) is 0 Å². The molecule has 5 aromatic heterocycles. The predicted octanol–water partition coefficient (Wildman–Crippen LogP) is 16.9. The molecule has 0 saturated carbocycles. The maximum atomic E-state index is 12.1. The first-order valence-electron chi connectivity index (χ1n) is 22.4. The van der Waals surface area contributed by atoms with Gasteiger partial charge in [-0.2, -0.15) is 5.26 Å². The molecule has 0 atom stereocenters. The number of nitriles is 1. The van der Waals surface area contributed by atoms with Gasteiger partial charge in [-0.3, -0.25) is 0 Å². The lowest BCUT2D eigenvalue weighted by atomic mass is 9.88. The van der Waals surface area contributed by atoms with E-state index in [0.717, 1.165) is 97.1 Å². The Balaban J connectivity index is 1.26. The van der Waals surface area contributed by atoms with Gasteiger partial charge in [0, 0.05) is 80.6 Å². The highest BCUT2D eigenvalue weighted by atomic mass is 32.1. The van der Waals surface area contributed by atoms with Crippen molar-refractivity contribution in [3.63, 3.8) is 0 Å². The average Bonchev–Trinajstić information content (AvgIpc) is 4.16. The molecule has 0 saturated heterocycles. The monoisotopic (exact) mass is 898 g/mol. The molecular weight excluding hydrogens is 869 g/mol. The van der Waals surface area contributed by atoms with Gasteiger partial charge < -0.3 is 9.13 Å². The van der Waals surface area contributed by atoms with Crippen LogP contribution in [-0.4, -0.2) is 19.1 Å². The van der Waals surface area contributed by atoms with E-state index in [1.54, 1.807) is 29.0 Å². The van der Waals surface area contributed by atoms with Crippen LogP contribution in [-0.2, 0) is 0 Å². The number of thiophene rings is 2. The lowest BCUT2D eigenvalue weighted by Crippen LogP contribution is -2.09. The fourth-order valence-corrected chi connectivity index (χ4v) is 13.9. The molecule has 6 nitrogen and oxygen atoms in total. The summed E-state index contributed by atoms with van der Waals surface area (Å²) >= 11 is 3.59. The van der Waals surface area contributed by atoms with Gasteiger partial charge in [0.2, 0.25) is 5.69 Å². The van der Waals surface area contributed by atoms with Gasteiger partial charge in [-0.25, -0.2) is 14.8 Å². The van der Waals surface area contributed by atoms with E-state index in [0.29, 0.717) is 22.5 Å². The molecule has 0 fully saturated rings. The van der Waals surface area contributed by atoms with Crippen molar-refractivity contribution in [2.75, 3.05) is 0 Å². The van der Waals surface area contributed by atoms with Crippen molar-refractivity contribution in [2.45, 2.75) is 0 Å². The third-order valence-electron chi connectivity index (χ3n) is 14.1. The van der Waals surface area contributed by atoms with Gasteiger partial charge in [-0.15, -0.1) is 22.7 Å². The Hall–Kier alpha value is -8.92. The van der Waals surface area contributed by atoms with E-state index in [-0.39, 0.29) is 0 Å². The zero-order chi connectivity index (χ0) is 44.8. The lowest BCUT2D eigenvalue weighted by molar-refractivity contribution is 1.14. The summed E-state index contributed by atoms with van der Waals surface area (Å²) in [6.07, 6.45) is 3.53. The second kappa shape index (κ2) is 13.8. The molecule has 0 amide bonds. The van der Waals surface area contributed by atoms with Crippen LogP contribution in [0.25, 0.3) is 144 Å². The van der Waals surface area contributed by atoms with Crippen molar-refractivity contribution in [1.29, 1.82) is 5.26 Å². The number of aromatic nitrogens is 4. The summed E-state index contributed by atoms with van der Waals surface area (Å²) in [4.78, 5) is 13.9. The van der Waals surface area contributed by atoms with E-state index >= 15 is 0 Å². The smallest absolute Gasteiger partial charge is 0.220 e. The van der Waals surface area contributed by atoms with Crippen molar-refractivity contribution >= 4 is 134 Å². The van der Waals surface area contributed by atoms with Crippen LogP contribution < -0.4 is 0 Å². The molecule has 8 heteroatoms. The first-order chi connectivity index (χ1) is 33.7. The molecule has 0 aliphatic carbocycles. The minimum absolute atomic E-state index is 0.404. The lowest BCUT2D eigenvalue weighted by Gasteiger charge is -2.26. The topological polar surface area (TPSA) is 63.8 Å². The second-order valence-electron chi connectivity index (χ2n) is 17.4. The first kappa shape index (κ1) is 37.3. The molecule has 15 rings (SSSR count). The molecular formula is C60H30N6S2. The number of nitrogens with zero attached hydrogens (tertiary/aromatic N) is 6. The van der Waals surface area contributed by atoms with E-state index in [2.05, 4.69) is 158 Å². The fourth-order valence-electron chi connectivity index (χ4n) is 11.4. The summed E-state index contributed by atoms with van der Waals surface area (Å²) in [6.45, 7) is 9.35. The maximum absolute atomic E-state index is 12.1. The van der Waals surface area contributed by atoms with Crippen LogP contribution in [0.4, 0.5) is 5.69 Å². The summed E-state index contributed by atoms with van der Waals surface area (Å²) < 4.78 is 9.42. The van der Waals surface area contributed by atoms with Gasteiger partial charge in [0.15, 0.2) is 0 Å². The molecule has 0 spiro atoms. The van der Waals surface area contributed by atoms with Crippen molar-refractivity contribution < 1.29 is 0 Å². The molecule has 15 aromatic rings. The van der Waals surface area contributed by atoms with Gasteiger partial charge >= 0.3 is 0 Å². The SMILES string of the molecule is [C-]#[N+]c1c(-c2ccccc2)c(C#N)c(-n2c3c(ccc4c5ccccc5sc43)c3ccc4c5ccccc5sc4c32)c(-c2ccccc2)c1-n1c2cccc3c4cncnc4c4cccc1c4c32. The highest BCUT2D eigenvalue weighted by Crippen LogP contribution is 2.55. The fraction of sp³-hybridized carbons (Fsp3) is 0. The van der Waals surface area contributed by atoms with E-state index in [9.17, 15) is 11.8 Å². The Morgan fingerprint density at radius 1 is 0.485 bits per heavy atom. The van der Waals surface area contributed by atoms with Crippen LogP contribution in [0.5, 0.6) is 0 Å². The van der Waals surface area contributed by atoms with Crippen molar-refractivity contribution in [2.24, 2.45) is 0 Å². The van der Waals surface area contributed by atoms with E-state index in [1.807, 2.05) is 42.6 Å². The Labute approximate surface area is 395 Å². The van der Waals surface area contributed by atoms with E-state index in [4.69, 9.17) is 4.98 Å². The summed E-state index contributed by atoms with van der Waals surface area (Å²) in [5, 5.41) is 24.2. The summed E-state index contributed by atoms with van der Waals surface area (Å²) in [5.74, 6) is 0. The Morgan fingerprint density at radius 2 is 1.01 bits per heavy atom. The van der Waals surface area contributed by atoms with Gasteiger partial charge in [0.1, 0.15) is 12.4 Å². The van der Waals surface area contributed by atoms with Crippen LogP contribution in [0.3, 0.4) is 0 Å². The highest BCUT2D eigenvalue weighted by Gasteiger charge is 2.33. The average molecular weight is 899 g/mol. The summed E-state index contributed by atoms with van der Waals surface area (Å²) in [5.41, 5.74) is 10.3. The Morgan fingerprint density at radius 3 is 1.62 bits per heavy atom. The maximum Gasteiger partial charge on any atom is 0.220 e. The number of hydrogen-bond donors (Lipinski definition) is 0. The van der Waals surface area contributed by atoms with Crippen molar-refractivity contribution in [3.8, 4) is 39.7 Å². The number of rotatable bonds is 4. The highest BCUT2D eigenvalue weighted by molar-refractivity contribution is 7.27. The van der Waals surface area contributed by atoms with E-state index < -0.39 is 0 Å². The first-order valence-corrected chi connectivity index (χ1v) is 24.0. The minimum atomic E-state index is 0.404. The molecule has 0 N–H and O–H groups in total. The molecule has 68 heavy (non-hydrogen) atoms. The van der Waals surface area contributed by atoms with Crippen molar-refractivity contribution in [1.82, 2.24) is 19.1 Å². The third-order valence-corrected chi connectivity index (χ3v) is 16.5. The predicted molar refractivity (Wildman–Crippen MR) is 285 cm³/mol. The molecule has 10 aromatic carbocycles. The molecule has 0 radical (unpaired) electrons. The van der Waals surface area contributed by atoms with Crippen LogP contribution in [0, 0.1) is 17.9 Å². The van der Waals surface area contributed by atoms with Crippen LogP contribution in [0.1, 0.15) is 5.56 Å². The molecule has 0 bridgehead atoms. The van der Waals surface area contributed by atoms with Crippen LogP contribution in [0.15, 0.2) is 182 Å². The summed E-state index contributed by atoms with van der Waals surface area (Å²) in [7, 11) is 0. The summed E-state index contributed by atoms with van der Waals surface area (Å²) in [6, 6.07) is 62.5.